The van der Waals surface area contributed by atoms with Gasteiger partial charge < -0.3 is 15.7 Å². The molecule has 7 heteroatoms. The summed E-state index contributed by atoms with van der Waals surface area (Å²) in [7, 11) is 0. The summed E-state index contributed by atoms with van der Waals surface area (Å²) in [4.78, 5) is 27.7. The Balaban J connectivity index is 2.37. The van der Waals surface area contributed by atoms with Crippen molar-refractivity contribution in [2.45, 2.75) is 39.7 Å². The summed E-state index contributed by atoms with van der Waals surface area (Å²) in [6, 6.07) is -0.456. The molecular weight excluding hydrogens is 278 g/mol. The fourth-order valence-electron chi connectivity index (χ4n) is 1.73. The number of aliphatic carboxylic acids is 1. The molecule has 2 unspecified atom stereocenters. The molecule has 0 saturated heterocycles. The van der Waals surface area contributed by atoms with Crippen LogP contribution in [0.4, 0.5) is 4.79 Å². The first-order valence-electron chi connectivity index (χ1n) is 6.60. The summed E-state index contributed by atoms with van der Waals surface area (Å²) in [6.45, 7) is 6.10. The molecule has 1 aromatic heterocycles. The highest BCUT2D eigenvalue weighted by atomic mass is 32.1. The highest BCUT2D eigenvalue weighted by Gasteiger charge is 2.15. The Morgan fingerprint density at radius 3 is 2.70 bits per heavy atom. The molecule has 0 saturated carbocycles. The van der Waals surface area contributed by atoms with Gasteiger partial charge in [0.25, 0.3) is 0 Å². The van der Waals surface area contributed by atoms with Crippen molar-refractivity contribution in [1.82, 2.24) is 15.6 Å². The number of nitrogens with zero attached hydrogens (tertiary/aromatic N) is 1. The minimum atomic E-state index is -0.842. The molecule has 2 atom stereocenters. The van der Waals surface area contributed by atoms with Gasteiger partial charge in [-0.1, -0.05) is 13.3 Å². The number of urea groups is 1. The first-order chi connectivity index (χ1) is 9.42. The number of hydrogen-bond acceptors (Lipinski definition) is 4. The number of carbonyl (C=O) groups is 2. The van der Waals surface area contributed by atoms with E-state index in [9.17, 15) is 9.59 Å². The second-order valence-electron chi connectivity index (χ2n) is 4.76. The predicted octanol–water partition coefficient (Wildman–Crippen LogP) is 2.31. The molecule has 0 bridgehead atoms. The number of aryl methyl sites for hydroxylation is 1. The largest absolute Gasteiger partial charge is 0.481 e. The third-order valence-corrected chi connectivity index (χ3v) is 4.04. The normalized spacial score (nSPS) is 13.6. The van der Waals surface area contributed by atoms with Gasteiger partial charge in [0.15, 0.2) is 0 Å². The van der Waals surface area contributed by atoms with E-state index in [-0.39, 0.29) is 24.4 Å². The average molecular weight is 299 g/mol. The van der Waals surface area contributed by atoms with Crippen LogP contribution < -0.4 is 10.6 Å². The van der Waals surface area contributed by atoms with Gasteiger partial charge in [0.1, 0.15) is 5.01 Å². The lowest BCUT2D eigenvalue weighted by Crippen LogP contribution is -2.39. The van der Waals surface area contributed by atoms with Gasteiger partial charge >= 0.3 is 12.0 Å². The van der Waals surface area contributed by atoms with Crippen LogP contribution in [0.5, 0.6) is 0 Å². The fraction of sp³-hybridized carbons (Fsp3) is 0.615. The van der Waals surface area contributed by atoms with E-state index < -0.39 is 5.97 Å². The van der Waals surface area contributed by atoms with Crippen LogP contribution in [0, 0.1) is 12.8 Å². The van der Waals surface area contributed by atoms with E-state index in [0.29, 0.717) is 13.0 Å². The van der Waals surface area contributed by atoms with Gasteiger partial charge in [-0.2, -0.15) is 0 Å². The number of carbonyl (C=O) groups excluding carboxylic acids is 1. The number of nitrogens with one attached hydrogen (secondary N) is 2. The van der Waals surface area contributed by atoms with Crippen LogP contribution in [0.15, 0.2) is 6.20 Å². The Bertz CT molecular complexity index is 461. The van der Waals surface area contributed by atoms with Crippen LogP contribution in [-0.2, 0) is 4.79 Å². The fourth-order valence-corrected chi connectivity index (χ4v) is 2.50. The molecule has 0 aliphatic heterocycles. The smallest absolute Gasteiger partial charge is 0.315 e. The van der Waals surface area contributed by atoms with Crippen LogP contribution in [0.1, 0.15) is 42.6 Å². The number of amides is 2. The highest BCUT2D eigenvalue weighted by Crippen LogP contribution is 2.18. The molecule has 1 rings (SSSR count). The Kier molecular flexibility index (Phi) is 6.44. The molecule has 0 radical (unpaired) electrons. The monoisotopic (exact) mass is 299 g/mol. The van der Waals surface area contributed by atoms with E-state index in [0.717, 1.165) is 9.88 Å². The summed E-state index contributed by atoms with van der Waals surface area (Å²) < 4.78 is 0. The SMILES string of the molecule is CCC(CNC(=O)NC(C)c1ncc(C)s1)CC(=O)O. The zero-order chi connectivity index (χ0) is 15.1. The number of aromatic nitrogens is 1. The van der Waals surface area contributed by atoms with Crippen molar-refractivity contribution < 1.29 is 14.7 Å². The Morgan fingerprint density at radius 1 is 1.50 bits per heavy atom. The topological polar surface area (TPSA) is 91.3 Å². The molecule has 2 amide bonds. The average Bonchev–Trinajstić information content (AvgIpc) is 2.80. The second kappa shape index (κ2) is 7.84. The van der Waals surface area contributed by atoms with Crippen LogP contribution in [-0.4, -0.2) is 28.6 Å². The first kappa shape index (κ1) is 16.4. The number of thiazole rings is 1. The lowest BCUT2D eigenvalue weighted by Gasteiger charge is -2.16. The molecular formula is C13H21N3O3S. The highest BCUT2D eigenvalue weighted by molar-refractivity contribution is 7.11. The summed E-state index contributed by atoms with van der Waals surface area (Å²) in [5.41, 5.74) is 0. The van der Waals surface area contributed by atoms with Gasteiger partial charge in [-0.15, -0.1) is 11.3 Å². The van der Waals surface area contributed by atoms with Crippen molar-refractivity contribution >= 4 is 23.3 Å². The molecule has 112 valence electrons. The van der Waals surface area contributed by atoms with Crippen molar-refractivity contribution in [2.24, 2.45) is 5.92 Å². The predicted molar refractivity (Wildman–Crippen MR) is 77.8 cm³/mol. The quantitative estimate of drug-likeness (QED) is 0.720. The number of carboxylic acids is 1. The second-order valence-corrected chi connectivity index (χ2v) is 6.02. The van der Waals surface area contributed by atoms with Crippen molar-refractivity contribution in [3.8, 4) is 0 Å². The summed E-state index contributed by atoms with van der Waals surface area (Å²) in [5.74, 6) is -0.888. The van der Waals surface area contributed by atoms with Crippen LogP contribution in [0.3, 0.4) is 0 Å². The van der Waals surface area contributed by atoms with Crippen molar-refractivity contribution in [2.75, 3.05) is 6.54 Å². The van der Waals surface area contributed by atoms with E-state index in [1.807, 2.05) is 20.8 Å². The van der Waals surface area contributed by atoms with Crippen LogP contribution in [0.2, 0.25) is 0 Å². The van der Waals surface area contributed by atoms with E-state index in [1.54, 1.807) is 17.5 Å². The van der Waals surface area contributed by atoms with E-state index in [2.05, 4.69) is 15.6 Å². The maximum Gasteiger partial charge on any atom is 0.315 e. The van der Waals surface area contributed by atoms with Gasteiger partial charge in [0.05, 0.1) is 6.04 Å². The van der Waals surface area contributed by atoms with Gasteiger partial charge in [-0.3, -0.25) is 4.79 Å². The van der Waals surface area contributed by atoms with Crippen molar-refractivity contribution in [3.05, 3.63) is 16.1 Å². The number of carboxylic acid groups (broad SMARTS) is 1. The van der Waals surface area contributed by atoms with Gasteiger partial charge in [0.2, 0.25) is 0 Å². The zero-order valence-electron chi connectivity index (χ0n) is 12.0. The summed E-state index contributed by atoms with van der Waals surface area (Å²) in [5, 5.41) is 15.1. The zero-order valence-corrected chi connectivity index (χ0v) is 12.8. The molecule has 6 nitrogen and oxygen atoms in total. The molecule has 3 N–H and O–H groups in total. The Hall–Kier alpha value is -1.63. The Morgan fingerprint density at radius 2 is 2.20 bits per heavy atom. The molecule has 0 spiro atoms. The van der Waals surface area contributed by atoms with Crippen LogP contribution in [0.25, 0.3) is 0 Å². The van der Waals surface area contributed by atoms with E-state index in [1.165, 1.54) is 0 Å². The lowest BCUT2D eigenvalue weighted by molar-refractivity contribution is -0.138. The van der Waals surface area contributed by atoms with Crippen molar-refractivity contribution in [3.63, 3.8) is 0 Å². The summed E-state index contributed by atoms with van der Waals surface area (Å²) in [6.07, 6.45) is 2.56. The molecule has 0 aromatic carbocycles. The first-order valence-corrected chi connectivity index (χ1v) is 7.42. The minimum absolute atomic E-state index is 0.0457. The molecule has 1 aromatic rings. The lowest BCUT2D eigenvalue weighted by atomic mass is 10.0. The standard InChI is InChI=1S/C13H21N3O3S/c1-4-10(5-11(17)18)7-15-13(19)16-9(3)12-14-6-8(2)20-12/h6,9-10H,4-5,7H2,1-3H3,(H,17,18)(H2,15,16,19). The molecule has 0 aliphatic carbocycles. The third-order valence-electron chi connectivity index (χ3n) is 2.95. The molecule has 20 heavy (non-hydrogen) atoms. The molecule has 0 fully saturated rings. The number of rotatable bonds is 7. The molecule has 1 heterocycles. The van der Waals surface area contributed by atoms with Gasteiger partial charge in [0, 0.05) is 24.0 Å². The van der Waals surface area contributed by atoms with E-state index >= 15 is 0 Å². The van der Waals surface area contributed by atoms with E-state index in [4.69, 9.17) is 5.11 Å². The number of hydrogen-bond donors (Lipinski definition) is 3. The summed E-state index contributed by atoms with van der Waals surface area (Å²) >= 11 is 1.54. The maximum atomic E-state index is 11.7. The van der Waals surface area contributed by atoms with Crippen LogP contribution >= 0.6 is 11.3 Å². The molecule has 0 aliphatic rings. The maximum absolute atomic E-state index is 11.7. The van der Waals surface area contributed by atoms with Crippen molar-refractivity contribution in [1.29, 1.82) is 0 Å². The Labute approximate surface area is 122 Å². The minimum Gasteiger partial charge on any atom is -0.481 e. The third kappa shape index (κ3) is 5.56. The van der Waals surface area contributed by atoms with Gasteiger partial charge in [-0.25, -0.2) is 9.78 Å². The van der Waals surface area contributed by atoms with Gasteiger partial charge in [-0.05, 0) is 19.8 Å².